The van der Waals surface area contributed by atoms with E-state index in [-0.39, 0.29) is 11.8 Å². The Morgan fingerprint density at radius 3 is 2.42 bits per heavy atom. The summed E-state index contributed by atoms with van der Waals surface area (Å²) in [5.74, 6) is -0.635. The smallest absolute Gasteiger partial charge is 0.265 e. The Morgan fingerprint density at radius 2 is 1.69 bits per heavy atom. The van der Waals surface area contributed by atoms with Gasteiger partial charge in [0.2, 0.25) is 0 Å². The number of nitrogens with two attached hydrogens (primary N) is 1. The van der Waals surface area contributed by atoms with Crippen molar-refractivity contribution in [3.8, 4) is 0 Å². The molecule has 1 aliphatic heterocycles. The van der Waals surface area contributed by atoms with Gasteiger partial charge in [0, 0.05) is 45.1 Å². The predicted molar refractivity (Wildman–Crippen MR) is 107 cm³/mol. The third kappa shape index (κ3) is 2.58. The molecule has 0 spiro atoms. The van der Waals surface area contributed by atoms with Crippen LogP contribution in [0.5, 0.6) is 0 Å². The number of imide groups is 1. The summed E-state index contributed by atoms with van der Waals surface area (Å²) in [5.41, 5.74) is 8.03. The molecule has 0 radical (unpaired) electrons. The van der Waals surface area contributed by atoms with Crippen LogP contribution in [-0.4, -0.2) is 24.9 Å². The number of hydrogen-bond donors (Lipinski definition) is 2. The van der Waals surface area contributed by atoms with E-state index in [1.807, 2.05) is 24.3 Å². The standard InChI is InChI=1S/C20H16BrN3O2/c21-12-3-1-4-13(11-12)24-19(25)15-6-2-5-14-17(23-10-9-22)8-7-16(18(14)15)20(24)26/h1-8,11,23H,9-10,22H2. The van der Waals surface area contributed by atoms with Crippen LogP contribution in [0.2, 0.25) is 0 Å². The molecule has 0 saturated heterocycles. The van der Waals surface area contributed by atoms with Crippen molar-refractivity contribution in [3.63, 3.8) is 0 Å². The topological polar surface area (TPSA) is 75.4 Å². The molecule has 3 aromatic carbocycles. The molecule has 5 nitrogen and oxygen atoms in total. The van der Waals surface area contributed by atoms with Crippen molar-refractivity contribution < 1.29 is 9.59 Å². The third-order valence-corrected chi connectivity index (χ3v) is 4.93. The zero-order valence-corrected chi connectivity index (χ0v) is 15.4. The van der Waals surface area contributed by atoms with Crippen LogP contribution < -0.4 is 16.0 Å². The molecule has 2 amide bonds. The summed E-state index contributed by atoms with van der Waals surface area (Å²) in [7, 11) is 0. The molecule has 4 rings (SSSR count). The Morgan fingerprint density at radius 1 is 0.962 bits per heavy atom. The van der Waals surface area contributed by atoms with Gasteiger partial charge in [-0.1, -0.05) is 34.1 Å². The lowest BCUT2D eigenvalue weighted by molar-refractivity contribution is 0.0893. The van der Waals surface area contributed by atoms with Crippen molar-refractivity contribution >= 4 is 49.9 Å². The number of hydrogen-bond acceptors (Lipinski definition) is 4. The lowest BCUT2D eigenvalue weighted by Gasteiger charge is -2.28. The summed E-state index contributed by atoms with van der Waals surface area (Å²) in [4.78, 5) is 27.4. The maximum Gasteiger partial charge on any atom is 0.265 e. The zero-order valence-electron chi connectivity index (χ0n) is 13.8. The van der Waals surface area contributed by atoms with Crippen LogP contribution in [0.25, 0.3) is 10.8 Å². The summed E-state index contributed by atoms with van der Waals surface area (Å²) >= 11 is 3.40. The van der Waals surface area contributed by atoms with Gasteiger partial charge in [-0.3, -0.25) is 9.59 Å². The molecule has 6 heteroatoms. The van der Waals surface area contributed by atoms with E-state index in [1.54, 1.807) is 30.3 Å². The maximum atomic E-state index is 13.1. The molecule has 0 saturated carbocycles. The molecule has 0 fully saturated rings. The molecule has 1 aliphatic rings. The van der Waals surface area contributed by atoms with E-state index in [1.165, 1.54) is 4.90 Å². The number of amides is 2. The number of nitrogens with zero attached hydrogens (tertiary/aromatic N) is 1. The fraction of sp³-hybridized carbons (Fsp3) is 0.100. The highest BCUT2D eigenvalue weighted by Gasteiger charge is 2.34. The third-order valence-electron chi connectivity index (χ3n) is 4.43. The van der Waals surface area contributed by atoms with Crippen LogP contribution in [0.3, 0.4) is 0 Å². The van der Waals surface area contributed by atoms with Crippen LogP contribution in [0.4, 0.5) is 11.4 Å². The molecule has 0 unspecified atom stereocenters. The Balaban J connectivity index is 1.91. The predicted octanol–water partition coefficient (Wildman–Crippen LogP) is 3.77. The van der Waals surface area contributed by atoms with Gasteiger partial charge in [-0.05, 0) is 36.4 Å². The van der Waals surface area contributed by atoms with Crippen molar-refractivity contribution in [1.82, 2.24) is 0 Å². The van der Waals surface area contributed by atoms with Gasteiger partial charge in [0.25, 0.3) is 11.8 Å². The van der Waals surface area contributed by atoms with Gasteiger partial charge in [0.1, 0.15) is 0 Å². The first-order valence-electron chi connectivity index (χ1n) is 8.26. The quantitative estimate of drug-likeness (QED) is 0.642. The van der Waals surface area contributed by atoms with Gasteiger partial charge >= 0.3 is 0 Å². The lowest BCUT2D eigenvalue weighted by atomic mass is 9.92. The summed E-state index contributed by atoms with van der Waals surface area (Å²) in [6, 6.07) is 16.3. The van der Waals surface area contributed by atoms with Gasteiger partial charge in [-0.25, -0.2) is 4.90 Å². The molecular formula is C20H16BrN3O2. The summed E-state index contributed by atoms with van der Waals surface area (Å²) in [6.45, 7) is 1.11. The number of carbonyl (C=O) groups excluding carboxylic acids is 2. The molecular weight excluding hydrogens is 394 g/mol. The SMILES string of the molecule is NCCNc1ccc2c3c(cccc13)C(=O)N(c1cccc(Br)c1)C2=O. The number of anilines is 2. The highest BCUT2D eigenvalue weighted by Crippen LogP contribution is 2.36. The Hall–Kier alpha value is -2.70. The summed E-state index contributed by atoms with van der Waals surface area (Å²) in [6.07, 6.45) is 0. The second kappa shape index (κ2) is 6.55. The summed E-state index contributed by atoms with van der Waals surface area (Å²) in [5, 5.41) is 4.79. The highest BCUT2D eigenvalue weighted by molar-refractivity contribution is 9.10. The maximum absolute atomic E-state index is 13.1. The van der Waals surface area contributed by atoms with Gasteiger partial charge in [0.15, 0.2) is 0 Å². The first-order valence-corrected chi connectivity index (χ1v) is 9.05. The van der Waals surface area contributed by atoms with E-state index in [2.05, 4.69) is 21.2 Å². The second-order valence-corrected chi connectivity index (χ2v) is 6.95. The van der Waals surface area contributed by atoms with Crippen LogP contribution in [0.1, 0.15) is 20.7 Å². The van der Waals surface area contributed by atoms with E-state index < -0.39 is 0 Å². The van der Waals surface area contributed by atoms with Gasteiger partial charge < -0.3 is 11.1 Å². The van der Waals surface area contributed by atoms with E-state index in [9.17, 15) is 9.59 Å². The largest absolute Gasteiger partial charge is 0.383 e. The minimum absolute atomic E-state index is 0.317. The first-order chi connectivity index (χ1) is 12.6. The molecule has 3 aromatic rings. The normalized spacial score (nSPS) is 13.4. The fourth-order valence-electron chi connectivity index (χ4n) is 3.31. The Kier molecular flexibility index (Phi) is 4.22. The molecule has 0 bridgehead atoms. The number of carbonyl (C=O) groups is 2. The molecule has 130 valence electrons. The van der Waals surface area contributed by atoms with Crippen LogP contribution >= 0.6 is 15.9 Å². The average Bonchev–Trinajstić information content (AvgIpc) is 2.65. The van der Waals surface area contributed by atoms with Crippen molar-refractivity contribution in [2.45, 2.75) is 0 Å². The number of rotatable bonds is 4. The minimum Gasteiger partial charge on any atom is -0.383 e. The molecule has 0 atom stereocenters. The highest BCUT2D eigenvalue weighted by atomic mass is 79.9. The monoisotopic (exact) mass is 409 g/mol. The van der Waals surface area contributed by atoms with Crippen LogP contribution in [0, 0.1) is 0 Å². The van der Waals surface area contributed by atoms with Crippen molar-refractivity contribution in [2.24, 2.45) is 5.73 Å². The first kappa shape index (κ1) is 16.8. The molecule has 1 heterocycles. The molecule has 26 heavy (non-hydrogen) atoms. The zero-order chi connectivity index (χ0) is 18.3. The Labute approximate surface area is 158 Å². The van der Waals surface area contributed by atoms with E-state index >= 15 is 0 Å². The molecule has 0 aromatic heterocycles. The summed E-state index contributed by atoms with van der Waals surface area (Å²) < 4.78 is 0.806. The van der Waals surface area contributed by atoms with Crippen molar-refractivity contribution in [3.05, 3.63) is 70.2 Å². The van der Waals surface area contributed by atoms with Crippen LogP contribution in [-0.2, 0) is 0 Å². The fourth-order valence-corrected chi connectivity index (χ4v) is 3.69. The number of halogens is 1. The molecule has 0 aliphatic carbocycles. The average molecular weight is 410 g/mol. The van der Waals surface area contributed by atoms with E-state index in [0.29, 0.717) is 35.3 Å². The van der Waals surface area contributed by atoms with E-state index in [4.69, 9.17) is 5.73 Å². The Bertz CT molecular complexity index is 1030. The van der Waals surface area contributed by atoms with Crippen LogP contribution in [0.15, 0.2) is 59.1 Å². The molecule has 3 N–H and O–H groups in total. The van der Waals surface area contributed by atoms with Crippen molar-refractivity contribution in [1.29, 1.82) is 0 Å². The number of benzene rings is 3. The van der Waals surface area contributed by atoms with Gasteiger partial charge in [-0.2, -0.15) is 0 Å². The van der Waals surface area contributed by atoms with Gasteiger partial charge in [-0.15, -0.1) is 0 Å². The van der Waals surface area contributed by atoms with Gasteiger partial charge in [0.05, 0.1) is 5.69 Å². The number of nitrogens with one attached hydrogen (secondary N) is 1. The van der Waals surface area contributed by atoms with Crippen molar-refractivity contribution in [2.75, 3.05) is 23.3 Å². The van der Waals surface area contributed by atoms with E-state index in [0.717, 1.165) is 15.5 Å². The lowest BCUT2D eigenvalue weighted by Crippen LogP contribution is -2.40. The second-order valence-electron chi connectivity index (χ2n) is 6.03. The minimum atomic E-state index is -0.317.